The van der Waals surface area contributed by atoms with E-state index in [1.54, 1.807) is 36.2 Å². The Morgan fingerprint density at radius 2 is 1.76 bits per heavy atom. The van der Waals surface area contributed by atoms with E-state index in [-0.39, 0.29) is 11.6 Å². The molecule has 0 spiro atoms. The van der Waals surface area contributed by atoms with Crippen LogP contribution in [0, 0.1) is 10.1 Å². The van der Waals surface area contributed by atoms with Gasteiger partial charge in [0, 0.05) is 18.7 Å². The number of amides is 1. The van der Waals surface area contributed by atoms with Gasteiger partial charge in [0.2, 0.25) is 0 Å². The van der Waals surface area contributed by atoms with E-state index in [1.165, 1.54) is 6.07 Å². The second-order valence-corrected chi connectivity index (χ2v) is 4.76. The molecule has 1 aliphatic heterocycles. The second kappa shape index (κ2) is 4.86. The molecule has 0 bridgehead atoms. The summed E-state index contributed by atoms with van der Waals surface area (Å²) < 4.78 is 0. The zero-order chi connectivity index (χ0) is 15.0. The largest absolute Gasteiger partial charge is 0.311 e. The number of nitrogens with zero attached hydrogens (tertiary/aromatic N) is 2. The van der Waals surface area contributed by atoms with Crippen molar-refractivity contribution in [2.24, 2.45) is 0 Å². The van der Waals surface area contributed by atoms with Crippen molar-refractivity contribution in [3.8, 4) is 0 Å². The zero-order valence-corrected chi connectivity index (χ0v) is 11.3. The van der Waals surface area contributed by atoms with Crippen LogP contribution in [-0.2, 0) is 4.79 Å². The van der Waals surface area contributed by atoms with E-state index < -0.39 is 4.92 Å². The lowest BCUT2D eigenvalue weighted by Gasteiger charge is -2.07. The molecule has 0 aliphatic carbocycles. The summed E-state index contributed by atoms with van der Waals surface area (Å²) in [6.45, 7) is 0. The van der Waals surface area contributed by atoms with Crippen LogP contribution in [0.25, 0.3) is 11.6 Å². The maximum absolute atomic E-state index is 12.3. The van der Waals surface area contributed by atoms with Crippen LogP contribution in [-0.4, -0.2) is 17.9 Å². The number of nitro groups is 1. The van der Waals surface area contributed by atoms with Gasteiger partial charge in [-0.05, 0) is 18.2 Å². The van der Waals surface area contributed by atoms with Crippen LogP contribution in [0.15, 0.2) is 48.5 Å². The van der Waals surface area contributed by atoms with Crippen LogP contribution in [0.5, 0.6) is 0 Å². The van der Waals surface area contributed by atoms with E-state index in [2.05, 4.69) is 0 Å². The molecule has 3 rings (SSSR count). The lowest BCUT2D eigenvalue weighted by Crippen LogP contribution is -2.20. The van der Waals surface area contributed by atoms with Gasteiger partial charge in [0.25, 0.3) is 11.6 Å². The molecule has 0 unspecified atom stereocenters. The highest BCUT2D eigenvalue weighted by Gasteiger charge is 2.29. The van der Waals surface area contributed by atoms with Crippen molar-refractivity contribution in [2.75, 3.05) is 11.9 Å². The number of para-hydroxylation sites is 2. The lowest BCUT2D eigenvalue weighted by molar-refractivity contribution is -0.385. The topological polar surface area (TPSA) is 63.5 Å². The van der Waals surface area contributed by atoms with E-state index in [0.29, 0.717) is 11.1 Å². The van der Waals surface area contributed by atoms with Crippen molar-refractivity contribution in [3.05, 3.63) is 69.8 Å². The predicted molar refractivity (Wildman–Crippen MR) is 80.8 cm³/mol. The molecule has 1 heterocycles. The molecule has 104 valence electrons. The summed E-state index contributed by atoms with van der Waals surface area (Å²) in [7, 11) is 1.70. The van der Waals surface area contributed by atoms with E-state index >= 15 is 0 Å². The Morgan fingerprint density at radius 1 is 1.10 bits per heavy atom. The molecule has 5 heteroatoms. The predicted octanol–water partition coefficient (Wildman–Crippen LogP) is 3.11. The average Bonchev–Trinajstić information content (AvgIpc) is 2.73. The highest BCUT2D eigenvalue weighted by atomic mass is 16.6. The second-order valence-electron chi connectivity index (χ2n) is 4.76. The van der Waals surface area contributed by atoms with Gasteiger partial charge >= 0.3 is 0 Å². The fourth-order valence-corrected chi connectivity index (χ4v) is 2.47. The Balaban J connectivity index is 2.17. The minimum Gasteiger partial charge on any atom is -0.311 e. The monoisotopic (exact) mass is 280 g/mol. The molecule has 1 aliphatic rings. The summed E-state index contributed by atoms with van der Waals surface area (Å²) in [4.78, 5) is 24.5. The number of nitro benzene ring substituents is 1. The van der Waals surface area contributed by atoms with Crippen molar-refractivity contribution in [1.82, 2.24) is 0 Å². The summed E-state index contributed by atoms with van der Waals surface area (Å²) in [6.07, 6.45) is 1.59. The first-order valence-electron chi connectivity index (χ1n) is 6.42. The van der Waals surface area contributed by atoms with Gasteiger partial charge in [-0.25, -0.2) is 0 Å². The number of rotatable bonds is 2. The number of hydrogen-bond acceptors (Lipinski definition) is 3. The first kappa shape index (κ1) is 13.1. The number of carbonyl (C=O) groups excluding carboxylic acids is 1. The molecule has 2 aromatic carbocycles. The van der Waals surface area contributed by atoms with Gasteiger partial charge in [0.15, 0.2) is 0 Å². The first-order valence-corrected chi connectivity index (χ1v) is 6.42. The number of fused-ring (bicyclic) bond motifs is 1. The molecule has 5 nitrogen and oxygen atoms in total. The van der Waals surface area contributed by atoms with Crippen molar-refractivity contribution >= 4 is 28.9 Å². The van der Waals surface area contributed by atoms with Crippen LogP contribution in [0.1, 0.15) is 11.1 Å². The minimum absolute atomic E-state index is 0.00941. The molecule has 0 saturated carbocycles. The van der Waals surface area contributed by atoms with Gasteiger partial charge in [-0.2, -0.15) is 0 Å². The maximum atomic E-state index is 12.3. The van der Waals surface area contributed by atoms with Gasteiger partial charge in [0.1, 0.15) is 0 Å². The zero-order valence-electron chi connectivity index (χ0n) is 11.3. The Hall–Kier alpha value is -2.95. The van der Waals surface area contributed by atoms with Crippen LogP contribution in [0.2, 0.25) is 0 Å². The Labute approximate surface area is 121 Å². The normalized spacial score (nSPS) is 15.4. The molecule has 0 atom stereocenters. The minimum atomic E-state index is -0.443. The van der Waals surface area contributed by atoms with Gasteiger partial charge in [-0.15, -0.1) is 0 Å². The Bertz CT molecular complexity index is 781. The van der Waals surface area contributed by atoms with E-state index in [1.807, 2.05) is 24.3 Å². The third-order valence-electron chi connectivity index (χ3n) is 3.52. The van der Waals surface area contributed by atoms with Gasteiger partial charge < -0.3 is 4.90 Å². The van der Waals surface area contributed by atoms with Crippen LogP contribution in [0.3, 0.4) is 0 Å². The Morgan fingerprint density at radius 3 is 2.52 bits per heavy atom. The first-order chi connectivity index (χ1) is 10.1. The summed E-state index contributed by atoms with van der Waals surface area (Å²) in [5, 5.41) is 11.1. The third kappa shape index (κ3) is 2.08. The lowest BCUT2D eigenvalue weighted by atomic mass is 10.0. The van der Waals surface area contributed by atoms with Crippen molar-refractivity contribution < 1.29 is 9.72 Å². The molecule has 0 fully saturated rings. The average molecular weight is 280 g/mol. The van der Waals surface area contributed by atoms with E-state index in [9.17, 15) is 14.9 Å². The molecular weight excluding hydrogens is 268 g/mol. The van der Waals surface area contributed by atoms with Crippen LogP contribution in [0.4, 0.5) is 11.4 Å². The van der Waals surface area contributed by atoms with Gasteiger partial charge in [0.05, 0.1) is 21.7 Å². The van der Waals surface area contributed by atoms with Gasteiger partial charge in [-0.3, -0.25) is 14.9 Å². The molecule has 21 heavy (non-hydrogen) atoms. The van der Waals surface area contributed by atoms with Crippen molar-refractivity contribution in [1.29, 1.82) is 0 Å². The highest BCUT2D eigenvalue weighted by molar-refractivity contribution is 6.35. The number of likely N-dealkylation sites (N-methyl/N-ethyl adjacent to an activating group) is 1. The van der Waals surface area contributed by atoms with Crippen molar-refractivity contribution in [3.63, 3.8) is 0 Å². The summed E-state index contributed by atoms with van der Waals surface area (Å²) in [6, 6.07) is 13.8. The van der Waals surface area contributed by atoms with Crippen LogP contribution >= 0.6 is 0 Å². The molecule has 2 aromatic rings. The standard InChI is InChI=1S/C16H12N2O3/c1-17-15-9-5-3-7-12(15)13(16(17)19)10-11-6-2-4-8-14(11)18(20)21/h2-10H,1H3. The number of carbonyl (C=O) groups is 1. The SMILES string of the molecule is CN1C(=O)C(=Cc2ccccc2[N+](=O)[O-])c2ccccc21. The third-order valence-corrected chi connectivity index (χ3v) is 3.52. The summed E-state index contributed by atoms with van der Waals surface area (Å²) in [5.41, 5.74) is 2.50. The summed E-state index contributed by atoms with van der Waals surface area (Å²) in [5.74, 6) is -0.158. The number of hydrogen-bond donors (Lipinski definition) is 0. The van der Waals surface area contributed by atoms with E-state index in [0.717, 1.165) is 11.3 Å². The molecule has 1 amide bonds. The fraction of sp³-hybridized carbons (Fsp3) is 0.0625. The number of benzene rings is 2. The van der Waals surface area contributed by atoms with E-state index in [4.69, 9.17) is 0 Å². The molecule has 0 N–H and O–H groups in total. The summed E-state index contributed by atoms with van der Waals surface area (Å²) >= 11 is 0. The smallest absolute Gasteiger partial charge is 0.276 e. The molecule has 0 radical (unpaired) electrons. The molecule has 0 aromatic heterocycles. The van der Waals surface area contributed by atoms with Gasteiger partial charge in [-0.1, -0.05) is 30.3 Å². The Kier molecular flexibility index (Phi) is 3.02. The van der Waals surface area contributed by atoms with Crippen LogP contribution < -0.4 is 4.90 Å². The van der Waals surface area contributed by atoms with Crippen molar-refractivity contribution in [2.45, 2.75) is 0 Å². The molecule has 0 saturated heterocycles. The molecular formula is C16H12N2O3. The maximum Gasteiger partial charge on any atom is 0.276 e. The fourth-order valence-electron chi connectivity index (χ4n) is 2.47. The highest BCUT2D eigenvalue weighted by Crippen LogP contribution is 2.37. The quantitative estimate of drug-likeness (QED) is 0.482. The number of anilines is 1.